The highest BCUT2D eigenvalue weighted by molar-refractivity contribution is 14.0. The summed E-state index contributed by atoms with van der Waals surface area (Å²) in [6, 6.07) is 0.429. The molecule has 1 rings (SSSR count). The van der Waals surface area contributed by atoms with Crippen LogP contribution in [0.2, 0.25) is 0 Å². The summed E-state index contributed by atoms with van der Waals surface area (Å²) in [6.45, 7) is 5.83. The topological polar surface area (TPSA) is 75.1 Å². The van der Waals surface area contributed by atoms with Gasteiger partial charge in [-0.15, -0.1) is 24.0 Å². The first-order valence-electron chi connectivity index (χ1n) is 8.55. The largest absolute Gasteiger partial charge is 0.393 e. The van der Waals surface area contributed by atoms with Gasteiger partial charge in [-0.25, -0.2) is 0 Å². The van der Waals surface area contributed by atoms with Crippen LogP contribution in [0.4, 0.5) is 0 Å². The lowest BCUT2D eigenvalue weighted by molar-refractivity contribution is 0.0690. The Morgan fingerprint density at radius 2 is 1.87 bits per heavy atom. The Balaban J connectivity index is 0.00000484. The standard InChI is InChI=1S/C16H33N3O3.HI/c1-3-17-16(19-14-6-8-15(20)9-7-14)18-10-4-5-11-22-13-12-21-2;/h14-15,20H,3-13H2,1-2H3,(H2,17,18,19);1H. The molecule has 7 heteroatoms. The van der Waals surface area contributed by atoms with Gasteiger partial charge in [0.2, 0.25) is 0 Å². The van der Waals surface area contributed by atoms with Crippen LogP contribution in [0.5, 0.6) is 0 Å². The van der Waals surface area contributed by atoms with Gasteiger partial charge in [-0.2, -0.15) is 0 Å². The minimum absolute atomic E-state index is 0. The Morgan fingerprint density at radius 3 is 2.52 bits per heavy atom. The molecule has 3 N–H and O–H groups in total. The molecule has 1 aliphatic carbocycles. The number of halogens is 1. The smallest absolute Gasteiger partial charge is 0.191 e. The van der Waals surface area contributed by atoms with Crippen LogP contribution in [0.25, 0.3) is 0 Å². The van der Waals surface area contributed by atoms with E-state index in [1.807, 2.05) is 0 Å². The SMILES string of the molecule is CCNC(=NCCCCOCCOC)NC1CCC(O)CC1.I. The summed E-state index contributed by atoms with van der Waals surface area (Å²) in [5, 5.41) is 16.3. The van der Waals surface area contributed by atoms with E-state index in [9.17, 15) is 5.11 Å². The van der Waals surface area contributed by atoms with E-state index >= 15 is 0 Å². The fourth-order valence-electron chi connectivity index (χ4n) is 2.48. The number of rotatable bonds is 10. The molecule has 0 heterocycles. The minimum atomic E-state index is -0.115. The van der Waals surface area contributed by atoms with Crippen molar-refractivity contribution in [1.82, 2.24) is 10.6 Å². The molecule has 0 spiro atoms. The molecule has 6 nitrogen and oxygen atoms in total. The van der Waals surface area contributed by atoms with Crippen LogP contribution in [0.15, 0.2) is 4.99 Å². The lowest BCUT2D eigenvalue weighted by Crippen LogP contribution is -2.45. The van der Waals surface area contributed by atoms with Gasteiger partial charge in [0.25, 0.3) is 0 Å². The van der Waals surface area contributed by atoms with Gasteiger partial charge in [-0.05, 0) is 45.4 Å². The molecule has 0 saturated heterocycles. The Bertz CT molecular complexity index is 298. The number of hydrogen-bond acceptors (Lipinski definition) is 4. The zero-order valence-corrected chi connectivity index (χ0v) is 16.9. The lowest BCUT2D eigenvalue weighted by Gasteiger charge is -2.27. The lowest BCUT2D eigenvalue weighted by atomic mass is 9.93. The number of guanidine groups is 1. The van der Waals surface area contributed by atoms with Crippen LogP contribution >= 0.6 is 24.0 Å². The highest BCUT2D eigenvalue weighted by Gasteiger charge is 2.19. The molecule has 23 heavy (non-hydrogen) atoms. The molecule has 0 aromatic rings. The number of ether oxygens (including phenoxy) is 2. The summed E-state index contributed by atoms with van der Waals surface area (Å²) in [5.74, 6) is 0.893. The molecular weight excluding hydrogens is 409 g/mol. The number of aliphatic imine (C=N–C) groups is 1. The number of aliphatic hydroxyl groups is 1. The van der Waals surface area contributed by atoms with Gasteiger partial charge < -0.3 is 25.2 Å². The van der Waals surface area contributed by atoms with Crippen LogP contribution in [0.3, 0.4) is 0 Å². The third kappa shape index (κ3) is 12.0. The molecule has 1 fully saturated rings. The Morgan fingerprint density at radius 1 is 1.13 bits per heavy atom. The van der Waals surface area contributed by atoms with Crippen LogP contribution in [-0.2, 0) is 9.47 Å². The Kier molecular flexibility index (Phi) is 15.3. The van der Waals surface area contributed by atoms with Gasteiger partial charge >= 0.3 is 0 Å². The third-order valence-electron chi connectivity index (χ3n) is 3.78. The van der Waals surface area contributed by atoms with Crippen molar-refractivity contribution in [2.24, 2.45) is 4.99 Å². The highest BCUT2D eigenvalue weighted by atomic mass is 127. The van der Waals surface area contributed by atoms with Crippen LogP contribution in [-0.4, -0.2) is 63.2 Å². The van der Waals surface area contributed by atoms with Crippen LogP contribution in [0, 0.1) is 0 Å². The fraction of sp³-hybridized carbons (Fsp3) is 0.938. The monoisotopic (exact) mass is 443 g/mol. The number of aliphatic hydroxyl groups excluding tert-OH is 1. The maximum Gasteiger partial charge on any atom is 0.191 e. The van der Waals surface area contributed by atoms with Crippen molar-refractivity contribution in [2.45, 2.75) is 57.6 Å². The van der Waals surface area contributed by atoms with Gasteiger partial charge in [0.15, 0.2) is 5.96 Å². The molecule has 0 radical (unpaired) electrons. The zero-order valence-electron chi connectivity index (χ0n) is 14.6. The zero-order chi connectivity index (χ0) is 16.0. The summed E-state index contributed by atoms with van der Waals surface area (Å²) >= 11 is 0. The van der Waals surface area contributed by atoms with E-state index in [0.717, 1.165) is 64.2 Å². The van der Waals surface area contributed by atoms with Crippen molar-refractivity contribution in [1.29, 1.82) is 0 Å². The highest BCUT2D eigenvalue weighted by Crippen LogP contribution is 2.18. The van der Waals surface area contributed by atoms with Gasteiger partial charge in [0.1, 0.15) is 0 Å². The number of hydrogen-bond donors (Lipinski definition) is 3. The van der Waals surface area contributed by atoms with E-state index in [0.29, 0.717) is 19.3 Å². The van der Waals surface area contributed by atoms with Gasteiger partial charge in [-0.1, -0.05) is 0 Å². The summed E-state index contributed by atoms with van der Waals surface area (Å²) in [6.07, 6.45) is 5.72. The van der Waals surface area contributed by atoms with Crippen molar-refractivity contribution in [2.75, 3.05) is 40.0 Å². The van der Waals surface area contributed by atoms with E-state index in [1.165, 1.54) is 0 Å². The molecule has 0 unspecified atom stereocenters. The molecule has 0 aliphatic heterocycles. The quantitative estimate of drug-likeness (QED) is 0.208. The third-order valence-corrected chi connectivity index (χ3v) is 3.78. The number of nitrogens with one attached hydrogen (secondary N) is 2. The Labute approximate surface area is 157 Å². The van der Waals surface area contributed by atoms with E-state index in [2.05, 4.69) is 22.5 Å². The number of unbranched alkanes of at least 4 members (excludes halogenated alkanes) is 1. The van der Waals surface area contributed by atoms with Crippen LogP contribution < -0.4 is 10.6 Å². The van der Waals surface area contributed by atoms with Gasteiger partial charge in [0, 0.05) is 32.8 Å². The van der Waals surface area contributed by atoms with E-state index in [1.54, 1.807) is 7.11 Å². The van der Waals surface area contributed by atoms with Crippen molar-refractivity contribution >= 4 is 29.9 Å². The second-order valence-electron chi connectivity index (χ2n) is 5.72. The first-order valence-corrected chi connectivity index (χ1v) is 8.55. The maximum atomic E-state index is 9.55. The average Bonchev–Trinajstić information content (AvgIpc) is 2.52. The molecular formula is C16H34IN3O3. The second kappa shape index (κ2) is 15.4. The molecule has 1 aliphatic rings. The molecule has 0 bridgehead atoms. The number of nitrogens with zero attached hydrogens (tertiary/aromatic N) is 1. The van der Waals surface area contributed by atoms with E-state index in [4.69, 9.17) is 9.47 Å². The van der Waals surface area contributed by atoms with Crippen molar-refractivity contribution < 1.29 is 14.6 Å². The molecule has 0 aromatic heterocycles. The molecule has 0 aromatic carbocycles. The predicted molar refractivity (Wildman–Crippen MR) is 105 cm³/mol. The van der Waals surface area contributed by atoms with Gasteiger partial charge in [-0.3, -0.25) is 4.99 Å². The Hall–Kier alpha value is -0.120. The first kappa shape index (κ1) is 22.9. The number of methoxy groups -OCH3 is 1. The average molecular weight is 443 g/mol. The molecule has 0 amide bonds. The van der Waals surface area contributed by atoms with E-state index in [-0.39, 0.29) is 30.1 Å². The summed E-state index contributed by atoms with van der Waals surface area (Å²) in [7, 11) is 1.68. The minimum Gasteiger partial charge on any atom is -0.393 e. The van der Waals surface area contributed by atoms with Gasteiger partial charge in [0.05, 0.1) is 19.3 Å². The predicted octanol–water partition coefficient (Wildman–Crippen LogP) is 1.91. The van der Waals surface area contributed by atoms with E-state index < -0.39 is 0 Å². The van der Waals surface area contributed by atoms with Crippen molar-refractivity contribution in [3.63, 3.8) is 0 Å². The molecule has 138 valence electrons. The normalized spacial score (nSPS) is 21.6. The van der Waals surface area contributed by atoms with Crippen molar-refractivity contribution in [3.05, 3.63) is 0 Å². The molecule has 0 atom stereocenters. The first-order chi connectivity index (χ1) is 10.8. The summed E-state index contributed by atoms with van der Waals surface area (Å²) in [5.41, 5.74) is 0. The maximum absolute atomic E-state index is 9.55. The van der Waals surface area contributed by atoms with Crippen LogP contribution in [0.1, 0.15) is 45.4 Å². The summed E-state index contributed by atoms with van der Waals surface area (Å²) < 4.78 is 10.4. The second-order valence-corrected chi connectivity index (χ2v) is 5.72. The summed E-state index contributed by atoms with van der Waals surface area (Å²) in [4.78, 5) is 4.61. The fourth-order valence-corrected chi connectivity index (χ4v) is 2.48. The van der Waals surface area contributed by atoms with Crippen molar-refractivity contribution in [3.8, 4) is 0 Å². The molecule has 1 saturated carbocycles.